The Morgan fingerprint density at radius 2 is 1.95 bits per heavy atom. The van der Waals surface area contributed by atoms with Crippen molar-refractivity contribution in [1.29, 1.82) is 0 Å². The Hall–Kier alpha value is -0.160. The first-order valence-electron chi connectivity index (χ1n) is 7.95. The van der Waals surface area contributed by atoms with Gasteiger partial charge in [-0.1, -0.05) is 33.1 Å². The number of ether oxygens (including phenoxy) is 1. The minimum absolute atomic E-state index is 0.262. The molecule has 4 heteroatoms. The molecule has 1 heterocycles. The number of rotatable bonds is 10. The van der Waals surface area contributed by atoms with Gasteiger partial charge in [0.25, 0.3) is 0 Å². The minimum Gasteiger partial charge on any atom is -0.390 e. The lowest BCUT2D eigenvalue weighted by Gasteiger charge is -2.28. The summed E-state index contributed by atoms with van der Waals surface area (Å²) < 4.78 is 5.31. The van der Waals surface area contributed by atoms with E-state index in [1.807, 2.05) is 0 Å². The highest BCUT2D eigenvalue weighted by Crippen LogP contribution is 2.11. The summed E-state index contributed by atoms with van der Waals surface area (Å²) in [7, 11) is 0. The Balaban J connectivity index is 2.06. The standard InChI is InChI=1S/C15H32N2O2/c1-3-5-6-14(4-2)11-16-12-15(18)13-17-7-9-19-10-8-17/h14-16,18H,3-13H2,1-2H3. The highest BCUT2D eigenvalue weighted by atomic mass is 16.5. The van der Waals surface area contributed by atoms with E-state index in [1.165, 1.54) is 25.7 Å². The number of aliphatic hydroxyl groups is 1. The monoisotopic (exact) mass is 272 g/mol. The van der Waals surface area contributed by atoms with Crippen molar-refractivity contribution in [2.45, 2.75) is 45.6 Å². The van der Waals surface area contributed by atoms with Crippen molar-refractivity contribution in [2.24, 2.45) is 5.92 Å². The molecule has 1 fully saturated rings. The van der Waals surface area contributed by atoms with E-state index in [0.717, 1.165) is 45.3 Å². The highest BCUT2D eigenvalue weighted by Gasteiger charge is 2.15. The van der Waals surface area contributed by atoms with Crippen molar-refractivity contribution in [2.75, 3.05) is 45.9 Å². The molecule has 1 aliphatic rings. The van der Waals surface area contributed by atoms with Gasteiger partial charge in [-0.25, -0.2) is 0 Å². The van der Waals surface area contributed by atoms with E-state index in [1.54, 1.807) is 0 Å². The third-order valence-electron chi connectivity index (χ3n) is 3.93. The van der Waals surface area contributed by atoms with Crippen LogP contribution in [0, 0.1) is 5.92 Å². The number of unbranched alkanes of at least 4 members (excludes halogenated alkanes) is 1. The predicted molar refractivity (Wildman–Crippen MR) is 79.4 cm³/mol. The van der Waals surface area contributed by atoms with Crippen molar-refractivity contribution < 1.29 is 9.84 Å². The molecule has 19 heavy (non-hydrogen) atoms. The zero-order valence-corrected chi connectivity index (χ0v) is 12.7. The smallest absolute Gasteiger partial charge is 0.0791 e. The van der Waals surface area contributed by atoms with Crippen LogP contribution in [-0.2, 0) is 4.74 Å². The molecule has 0 aliphatic carbocycles. The number of hydrogen-bond acceptors (Lipinski definition) is 4. The van der Waals surface area contributed by atoms with Crippen LogP contribution in [0.25, 0.3) is 0 Å². The second-order valence-corrected chi connectivity index (χ2v) is 5.64. The fourth-order valence-electron chi connectivity index (χ4n) is 2.54. The van der Waals surface area contributed by atoms with Gasteiger partial charge in [-0.2, -0.15) is 0 Å². The zero-order valence-electron chi connectivity index (χ0n) is 12.7. The Morgan fingerprint density at radius 1 is 1.21 bits per heavy atom. The first kappa shape index (κ1) is 16.9. The maximum Gasteiger partial charge on any atom is 0.0791 e. The van der Waals surface area contributed by atoms with Gasteiger partial charge in [0.1, 0.15) is 0 Å². The maximum atomic E-state index is 10.0. The first-order valence-corrected chi connectivity index (χ1v) is 7.95. The Bertz CT molecular complexity index is 208. The van der Waals surface area contributed by atoms with Gasteiger partial charge in [0.05, 0.1) is 19.3 Å². The molecule has 0 aromatic heterocycles. The maximum absolute atomic E-state index is 10.0. The van der Waals surface area contributed by atoms with Gasteiger partial charge in [-0.05, 0) is 18.9 Å². The molecule has 114 valence electrons. The zero-order chi connectivity index (χ0) is 13.9. The molecule has 2 atom stereocenters. The van der Waals surface area contributed by atoms with Crippen LogP contribution in [-0.4, -0.2) is 62.0 Å². The van der Waals surface area contributed by atoms with Crippen molar-refractivity contribution in [3.8, 4) is 0 Å². The summed E-state index contributed by atoms with van der Waals surface area (Å²) >= 11 is 0. The van der Waals surface area contributed by atoms with Crippen LogP contribution < -0.4 is 5.32 Å². The molecule has 2 N–H and O–H groups in total. The van der Waals surface area contributed by atoms with Crippen LogP contribution in [0.1, 0.15) is 39.5 Å². The molecule has 4 nitrogen and oxygen atoms in total. The summed E-state index contributed by atoms with van der Waals surface area (Å²) in [5.41, 5.74) is 0. The topological polar surface area (TPSA) is 44.7 Å². The lowest BCUT2D eigenvalue weighted by atomic mass is 9.99. The minimum atomic E-state index is -0.262. The van der Waals surface area contributed by atoms with Crippen LogP contribution in [0.15, 0.2) is 0 Å². The summed E-state index contributed by atoms with van der Waals surface area (Å²) in [5, 5.41) is 13.4. The predicted octanol–water partition coefficient (Wildman–Crippen LogP) is 1.49. The average molecular weight is 272 g/mol. The Labute approximate surface area is 118 Å². The van der Waals surface area contributed by atoms with Crippen LogP contribution in [0.2, 0.25) is 0 Å². The van der Waals surface area contributed by atoms with Gasteiger partial charge in [0.2, 0.25) is 0 Å². The van der Waals surface area contributed by atoms with Crippen LogP contribution >= 0.6 is 0 Å². The normalized spacial score (nSPS) is 20.4. The van der Waals surface area contributed by atoms with Crippen LogP contribution in [0.5, 0.6) is 0 Å². The molecule has 0 aromatic rings. The first-order chi connectivity index (χ1) is 9.26. The fourth-order valence-corrected chi connectivity index (χ4v) is 2.54. The Kier molecular flexibility index (Phi) is 9.43. The van der Waals surface area contributed by atoms with Crippen molar-refractivity contribution in [3.05, 3.63) is 0 Å². The fraction of sp³-hybridized carbons (Fsp3) is 1.00. The van der Waals surface area contributed by atoms with Gasteiger partial charge >= 0.3 is 0 Å². The largest absolute Gasteiger partial charge is 0.390 e. The molecule has 2 unspecified atom stereocenters. The Morgan fingerprint density at radius 3 is 2.58 bits per heavy atom. The number of nitrogens with zero attached hydrogens (tertiary/aromatic N) is 1. The second kappa shape index (κ2) is 10.6. The molecule has 0 saturated carbocycles. The van der Waals surface area contributed by atoms with E-state index in [4.69, 9.17) is 4.74 Å². The van der Waals surface area contributed by atoms with E-state index in [9.17, 15) is 5.11 Å². The molecule has 1 aliphatic heterocycles. The van der Waals surface area contributed by atoms with E-state index in [-0.39, 0.29) is 6.10 Å². The van der Waals surface area contributed by atoms with Gasteiger partial charge in [-0.15, -0.1) is 0 Å². The van der Waals surface area contributed by atoms with E-state index in [2.05, 4.69) is 24.1 Å². The number of β-amino-alcohol motifs (C(OH)–C–C–N with tert-alkyl or cyclic N) is 1. The van der Waals surface area contributed by atoms with Crippen molar-refractivity contribution in [3.63, 3.8) is 0 Å². The van der Waals surface area contributed by atoms with Crippen LogP contribution in [0.3, 0.4) is 0 Å². The summed E-state index contributed by atoms with van der Waals surface area (Å²) in [4.78, 5) is 2.28. The van der Waals surface area contributed by atoms with Gasteiger partial charge in [0, 0.05) is 26.2 Å². The molecular formula is C15H32N2O2. The number of morpholine rings is 1. The molecule has 0 bridgehead atoms. The summed E-state index contributed by atoms with van der Waals surface area (Å²) in [6.07, 6.45) is 4.86. The van der Waals surface area contributed by atoms with E-state index < -0.39 is 0 Å². The summed E-state index contributed by atoms with van der Waals surface area (Å²) in [5.74, 6) is 0.760. The molecule has 0 aromatic carbocycles. The highest BCUT2D eigenvalue weighted by molar-refractivity contribution is 4.70. The third-order valence-corrected chi connectivity index (χ3v) is 3.93. The van der Waals surface area contributed by atoms with Gasteiger partial charge in [-0.3, -0.25) is 4.90 Å². The average Bonchev–Trinajstić information content (AvgIpc) is 2.43. The molecule has 1 rings (SSSR count). The number of aliphatic hydroxyl groups excluding tert-OH is 1. The molecule has 1 saturated heterocycles. The van der Waals surface area contributed by atoms with E-state index >= 15 is 0 Å². The van der Waals surface area contributed by atoms with Gasteiger partial charge in [0.15, 0.2) is 0 Å². The lowest BCUT2D eigenvalue weighted by Crippen LogP contribution is -2.44. The lowest BCUT2D eigenvalue weighted by molar-refractivity contribution is 0.0148. The summed E-state index contributed by atoms with van der Waals surface area (Å²) in [6, 6.07) is 0. The van der Waals surface area contributed by atoms with E-state index in [0.29, 0.717) is 6.54 Å². The quantitative estimate of drug-likeness (QED) is 0.632. The second-order valence-electron chi connectivity index (χ2n) is 5.64. The van der Waals surface area contributed by atoms with Crippen LogP contribution in [0.4, 0.5) is 0 Å². The molecular weight excluding hydrogens is 240 g/mol. The molecule has 0 spiro atoms. The third kappa shape index (κ3) is 7.88. The SMILES string of the molecule is CCCCC(CC)CNCC(O)CN1CCOCC1. The molecule has 0 amide bonds. The van der Waals surface area contributed by atoms with Crippen molar-refractivity contribution in [1.82, 2.24) is 10.2 Å². The van der Waals surface area contributed by atoms with Gasteiger partial charge < -0.3 is 15.2 Å². The van der Waals surface area contributed by atoms with Crippen molar-refractivity contribution >= 4 is 0 Å². The summed E-state index contributed by atoms with van der Waals surface area (Å²) in [6.45, 7) is 10.5. The molecule has 0 radical (unpaired) electrons. The number of nitrogens with one attached hydrogen (secondary N) is 1. The number of hydrogen-bond donors (Lipinski definition) is 2.